The zero-order valence-corrected chi connectivity index (χ0v) is 10.3. The largest absolute Gasteiger partial charge is 0.352 e. The van der Waals surface area contributed by atoms with Gasteiger partial charge in [-0.1, -0.05) is 0 Å². The van der Waals surface area contributed by atoms with E-state index in [2.05, 4.69) is 25.1 Å². The number of aryl methyl sites for hydroxylation is 1. The van der Waals surface area contributed by atoms with E-state index in [-0.39, 0.29) is 0 Å². The topological polar surface area (TPSA) is 44.3 Å². The van der Waals surface area contributed by atoms with Gasteiger partial charge in [-0.2, -0.15) is 0 Å². The molecule has 0 saturated carbocycles. The summed E-state index contributed by atoms with van der Waals surface area (Å²) < 4.78 is 0. The first-order chi connectivity index (χ1) is 8.34. The van der Waals surface area contributed by atoms with Crippen LogP contribution in [0.1, 0.15) is 5.69 Å². The molecule has 0 bridgehead atoms. The second-order valence-corrected chi connectivity index (χ2v) is 4.81. The summed E-state index contributed by atoms with van der Waals surface area (Å²) in [5.41, 5.74) is 1.03. The van der Waals surface area contributed by atoms with Crippen LogP contribution >= 0.6 is 0 Å². The van der Waals surface area contributed by atoms with Gasteiger partial charge in [0.25, 0.3) is 0 Å². The lowest BCUT2D eigenvalue weighted by molar-refractivity contribution is 0.147. The molecule has 3 heterocycles. The molecule has 3 rings (SSSR count). The average molecular weight is 233 g/mol. The van der Waals surface area contributed by atoms with Crippen molar-refractivity contribution in [2.75, 3.05) is 44.2 Å². The van der Waals surface area contributed by atoms with Crippen molar-refractivity contribution >= 4 is 5.82 Å². The highest BCUT2D eigenvalue weighted by atomic mass is 15.3. The predicted molar refractivity (Wildman–Crippen MR) is 67.2 cm³/mol. The number of anilines is 1. The number of aromatic nitrogens is 2. The summed E-state index contributed by atoms with van der Waals surface area (Å²) in [6, 6.07) is 0.707. The third-order valence-corrected chi connectivity index (χ3v) is 3.69. The van der Waals surface area contributed by atoms with E-state index < -0.39 is 0 Å². The summed E-state index contributed by atoms with van der Waals surface area (Å²) in [6.45, 7) is 8.83. The molecule has 17 heavy (non-hydrogen) atoms. The number of nitrogens with zero attached hydrogens (tertiary/aromatic N) is 4. The van der Waals surface area contributed by atoms with Gasteiger partial charge < -0.3 is 10.2 Å². The smallest absolute Gasteiger partial charge is 0.150 e. The second-order valence-electron chi connectivity index (χ2n) is 4.81. The molecule has 92 valence electrons. The van der Waals surface area contributed by atoms with Crippen molar-refractivity contribution in [1.82, 2.24) is 20.2 Å². The standard InChI is InChI=1S/C12H19N5/c1-10-12(15-3-2-14-10)17-8-11(9-17)16-6-4-13-5-7-16/h2-3,11,13H,4-9H2,1H3. The lowest BCUT2D eigenvalue weighted by Gasteiger charge is -2.47. The van der Waals surface area contributed by atoms with Crippen molar-refractivity contribution in [1.29, 1.82) is 0 Å². The minimum Gasteiger partial charge on any atom is -0.352 e. The molecule has 1 N–H and O–H groups in total. The Hall–Kier alpha value is -1.20. The molecule has 0 unspecified atom stereocenters. The predicted octanol–water partition coefficient (Wildman–Crippen LogP) is -0.121. The first-order valence-corrected chi connectivity index (χ1v) is 6.32. The maximum atomic E-state index is 4.41. The third-order valence-electron chi connectivity index (χ3n) is 3.69. The van der Waals surface area contributed by atoms with Gasteiger partial charge in [-0.3, -0.25) is 9.88 Å². The van der Waals surface area contributed by atoms with Crippen LogP contribution in [0, 0.1) is 6.92 Å². The van der Waals surface area contributed by atoms with Crippen LogP contribution in [-0.2, 0) is 0 Å². The molecule has 2 aliphatic rings. The van der Waals surface area contributed by atoms with Crippen molar-refractivity contribution in [3.8, 4) is 0 Å². The molecule has 2 saturated heterocycles. The van der Waals surface area contributed by atoms with E-state index in [9.17, 15) is 0 Å². The highest BCUT2D eigenvalue weighted by molar-refractivity contribution is 5.45. The lowest BCUT2D eigenvalue weighted by Crippen LogP contribution is -2.63. The SMILES string of the molecule is Cc1nccnc1N1CC(N2CCNCC2)C1. The molecule has 0 amide bonds. The fourth-order valence-electron chi connectivity index (χ4n) is 2.62. The minimum atomic E-state index is 0.707. The Morgan fingerprint density at radius 2 is 1.88 bits per heavy atom. The molecule has 0 aliphatic carbocycles. The maximum absolute atomic E-state index is 4.41. The number of hydrogen-bond acceptors (Lipinski definition) is 5. The van der Waals surface area contributed by atoms with Crippen LogP contribution in [-0.4, -0.2) is 60.2 Å². The monoisotopic (exact) mass is 233 g/mol. The molecule has 1 aromatic rings. The van der Waals surface area contributed by atoms with E-state index in [1.165, 1.54) is 13.1 Å². The zero-order valence-electron chi connectivity index (χ0n) is 10.3. The molecule has 0 spiro atoms. The Kier molecular flexibility index (Phi) is 2.94. The molecule has 1 aromatic heterocycles. The third kappa shape index (κ3) is 2.12. The quantitative estimate of drug-likeness (QED) is 0.771. The summed E-state index contributed by atoms with van der Waals surface area (Å²) in [5, 5.41) is 3.39. The number of piperazine rings is 1. The first-order valence-electron chi connectivity index (χ1n) is 6.32. The van der Waals surface area contributed by atoms with Crippen LogP contribution in [0.15, 0.2) is 12.4 Å². The summed E-state index contributed by atoms with van der Waals surface area (Å²) in [5.74, 6) is 1.05. The molecule has 0 radical (unpaired) electrons. The normalized spacial score (nSPS) is 22.5. The fourth-order valence-corrected chi connectivity index (χ4v) is 2.62. The minimum absolute atomic E-state index is 0.707. The van der Waals surface area contributed by atoms with Crippen LogP contribution in [0.25, 0.3) is 0 Å². The fraction of sp³-hybridized carbons (Fsp3) is 0.667. The highest BCUT2D eigenvalue weighted by Gasteiger charge is 2.33. The molecule has 2 fully saturated rings. The van der Waals surface area contributed by atoms with Gasteiger partial charge in [0.05, 0.1) is 5.69 Å². The van der Waals surface area contributed by atoms with Crippen LogP contribution in [0.2, 0.25) is 0 Å². The van der Waals surface area contributed by atoms with Gasteiger partial charge >= 0.3 is 0 Å². The van der Waals surface area contributed by atoms with E-state index in [0.29, 0.717) is 6.04 Å². The highest BCUT2D eigenvalue weighted by Crippen LogP contribution is 2.23. The average Bonchev–Trinajstić information content (AvgIpc) is 2.31. The van der Waals surface area contributed by atoms with E-state index in [1.807, 2.05) is 6.92 Å². The van der Waals surface area contributed by atoms with Gasteiger partial charge in [-0.25, -0.2) is 4.98 Å². The molecule has 2 aliphatic heterocycles. The lowest BCUT2D eigenvalue weighted by atomic mass is 10.1. The Morgan fingerprint density at radius 3 is 2.59 bits per heavy atom. The zero-order chi connectivity index (χ0) is 11.7. The molecule has 0 aromatic carbocycles. The Labute approximate surface area is 102 Å². The Bertz CT molecular complexity index is 382. The van der Waals surface area contributed by atoms with Crippen molar-refractivity contribution in [2.24, 2.45) is 0 Å². The van der Waals surface area contributed by atoms with Crippen molar-refractivity contribution < 1.29 is 0 Å². The maximum Gasteiger partial charge on any atom is 0.150 e. The van der Waals surface area contributed by atoms with Gasteiger partial charge in [-0.05, 0) is 6.92 Å². The van der Waals surface area contributed by atoms with Gasteiger partial charge in [0.1, 0.15) is 5.82 Å². The summed E-state index contributed by atoms with van der Waals surface area (Å²) >= 11 is 0. The first kappa shape index (κ1) is 10.9. The van der Waals surface area contributed by atoms with Crippen molar-refractivity contribution in [3.63, 3.8) is 0 Å². The van der Waals surface area contributed by atoms with E-state index >= 15 is 0 Å². The van der Waals surface area contributed by atoms with Gasteiger partial charge in [-0.15, -0.1) is 0 Å². The summed E-state index contributed by atoms with van der Waals surface area (Å²) in [6.07, 6.45) is 3.53. The van der Waals surface area contributed by atoms with Gasteiger partial charge in [0, 0.05) is 57.7 Å². The molecular formula is C12H19N5. The van der Waals surface area contributed by atoms with Crippen LogP contribution in [0.5, 0.6) is 0 Å². The summed E-state index contributed by atoms with van der Waals surface area (Å²) in [4.78, 5) is 13.6. The van der Waals surface area contributed by atoms with Gasteiger partial charge in [0.15, 0.2) is 0 Å². The number of rotatable bonds is 2. The van der Waals surface area contributed by atoms with E-state index in [1.54, 1.807) is 12.4 Å². The Morgan fingerprint density at radius 1 is 1.18 bits per heavy atom. The molecule has 5 heteroatoms. The van der Waals surface area contributed by atoms with Crippen LogP contribution in [0.4, 0.5) is 5.82 Å². The van der Waals surface area contributed by atoms with Crippen LogP contribution < -0.4 is 10.2 Å². The van der Waals surface area contributed by atoms with E-state index in [4.69, 9.17) is 0 Å². The van der Waals surface area contributed by atoms with Crippen molar-refractivity contribution in [2.45, 2.75) is 13.0 Å². The van der Waals surface area contributed by atoms with Crippen molar-refractivity contribution in [3.05, 3.63) is 18.1 Å². The van der Waals surface area contributed by atoms with Gasteiger partial charge in [0.2, 0.25) is 0 Å². The molecular weight excluding hydrogens is 214 g/mol. The number of hydrogen-bond donors (Lipinski definition) is 1. The molecule has 0 atom stereocenters. The number of nitrogens with one attached hydrogen (secondary N) is 1. The summed E-state index contributed by atoms with van der Waals surface area (Å²) in [7, 11) is 0. The molecule has 5 nitrogen and oxygen atoms in total. The van der Waals surface area contributed by atoms with E-state index in [0.717, 1.165) is 37.7 Å². The van der Waals surface area contributed by atoms with Crippen LogP contribution in [0.3, 0.4) is 0 Å². The Balaban J connectivity index is 1.59. The second kappa shape index (κ2) is 4.58.